The quantitative estimate of drug-likeness (QED) is 0.440. The Labute approximate surface area is 195 Å². The number of aryl methyl sites for hydroxylation is 2. The number of ether oxygens (including phenoxy) is 1. The van der Waals surface area contributed by atoms with Crippen molar-refractivity contribution in [2.24, 2.45) is 0 Å². The fourth-order valence-corrected chi connectivity index (χ4v) is 5.07. The molecule has 5 rings (SSSR count). The van der Waals surface area contributed by atoms with Gasteiger partial charge in [-0.15, -0.1) is 0 Å². The van der Waals surface area contributed by atoms with E-state index in [2.05, 4.69) is 62.5 Å². The number of benzene rings is 2. The summed E-state index contributed by atoms with van der Waals surface area (Å²) >= 11 is 6.64. The van der Waals surface area contributed by atoms with E-state index in [1.807, 2.05) is 6.07 Å². The second-order valence-electron chi connectivity index (χ2n) is 8.88. The average Bonchev–Trinajstić information content (AvgIpc) is 3.58. The molecular formula is C27H30ClN3O. The lowest BCUT2D eigenvalue weighted by Gasteiger charge is -2.24. The minimum atomic E-state index is 0.0756. The van der Waals surface area contributed by atoms with E-state index in [9.17, 15) is 0 Å². The van der Waals surface area contributed by atoms with Gasteiger partial charge in [-0.25, -0.2) is 9.97 Å². The second kappa shape index (κ2) is 8.84. The molecule has 1 aromatic heterocycles. The molecule has 2 aliphatic rings. The van der Waals surface area contributed by atoms with E-state index in [0.717, 1.165) is 64.7 Å². The minimum absolute atomic E-state index is 0.0756. The topological polar surface area (TPSA) is 47.0 Å². The molecule has 0 spiro atoms. The van der Waals surface area contributed by atoms with Gasteiger partial charge in [-0.3, -0.25) is 0 Å². The number of halogens is 1. The maximum absolute atomic E-state index is 6.64. The molecule has 32 heavy (non-hydrogen) atoms. The van der Waals surface area contributed by atoms with E-state index in [-0.39, 0.29) is 12.1 Å². The molecule has 166 valence electrons. The third-order valence-electron chi connectivity index (χ3n) is 6.53. The highest BCUT2D eigenvalue weighted by Gasteiger charge is 2.35. The summed E-state index contributed by atoms with van der Waals surface area (Å²) in [6.45, 7) is 6.95. The molecule has 5 heteroatoms. The predicted molar refractivity (Wildman–Crippen MR) is 130 cm³/mol. The van der Waals surface area contributed by atoms with Crippen LogP contribution in [0.2, 0.25) is 5.02 Å². The lowest BCUT2D eigenvalue weighted by molar-refractivity contribution is 0.0573. The Morgan fingerprint density at radius 3 is 2.62 bits per heavy atom. The number of hydrogen-bond acceptors (Lipinski definition) is 4. The Hall–Kier alpha value is -2.43. The van der Waals surface area contributed by atoms with E-state index in [4.69, 9.17) is 26.3 Å². The fourth-order valence-electron chi connectivity index (χ4n) is 4.74. The van der Waals surface area contributed by atoms with Gasteiger partial charge in [-0.1, -0.05) is 54.9 Å². The molecule has 0 saturated heterocycles. The molecule has 2 atom stereocenters. The zero-order valence-corrected chi connectivity index (χ0v) is 19.7. The second-order valence-corrected chi connectivity index (χ2v) is 9.29. The zero-order chi connectivity index (χ0) is 22.2. The molecule has 0 bridgehead atoms. The number of nitrogens with one attached hydrogen (secondary N) is 1. The van der Waals surface area contributed by atoms with Crippen molar-refractivity contribution in [2.45, 2.75) is 64.5 Å². The van der Waals surface area contributed by atoms with Crippen LogP contribution in [0.15, 0.2) is 42.5 Å². The van der Waals surface area contributed by atoms with E-state index in [1.165, 1.54) is 11.1 Å². The maximum Gasteiger partial charge on any atom is 0.148 e. The van der Waals surface area contributed by atoms with Gasteiger partial charge in [0, 0.05) is 24.5 Å². The van der Waals surface area contributed by atoms with Gasteiger partial charge in [0.15, 0.2) is 0 Å². The molecule has 0 amide bonds. The van der Waals surface area contributed by atoms with Crippen molar-refractivity contribution in [1.82, 2.24) is 9.97 Å². The number of aromatic nitrogens is 2. The fraction of sp³-hybridized carbons (Fsp3) is 0.407. The van der Waals surface area contributed by atoms with Crippen LogP contribution in [0, 0.1) is 6.92 Å². The number of anilines is 1. The largest absolute Gasteiger partial charge is 0.376 e. The van der Waals surface area contributed by atoms with Crippen molar-refractivity contribution in [3.63, 3.8) is 0 Å². The van der Waals surface area contributed by atoms with Crippen LogP contribution in [0.25, 0.3) is 11.3 Å². The monoisotopic (exact) mass is 447 g/mol. The van der Waals surface area contributed by atoms with Crippen LogP contribution in [0.5, 0.6) is 0 Å². The van der Waals surface area contributed by atoms with Crippen molar-refractivity contribution in [3.05, 3.63) is 75.6 Å². The van der Waals surface area contributed by atoms with E-state index >= 15 is 0 Å². The Balaban J connectivity index is 1.57. The molecule has 4 nitrogen and oxygen atoms in total. The molecular weight excluding hydrogens is 418 g/mol. The first-order chi connectivity index (χ1) is 15.6. The Morgan fingerprint density at radius 2 is 1.91 bits per heavy atom. The van der Waals surface area contributed by atoms with Gasteiger partial charge in [0.2, 0.25) is 0 Å². The molecule has 2 aliphatic carbocycles. The van der Waals surface area contributed by atoms with Crippen LogP contribution in [0.4, 0.5) is 5.82 Å². The molecule has 2 aromatic carbocycles. The zero-order valence-electron chi connectivity index (χ0n) is 19.0. The first-order valence-corrected chi connectivity index (χ1v) is 12.1. The number of nitrogens with zero attached hydrogens (tertiary/aromatic N) is 2. The Morgan fingerprint density at radius 1 is 1.09 bits per heavy atom. The first-order valence-electron chi connectivity index (χ1n) is 11.7. The summed E-state index contributed by atoms with van der Waals surface area (Å²) in [7, 11) is 0. The Kier molecular flexibility index (Phi) is 5.92. The molecule has 1 heterocycles. The molecule has 0 radical (unpaired) electrons. The van der Waals surface area contributed by atoms with Gasteiger partial charge in [-0.2, -0.15) is 0 Å². The van der Waals surface area contributed by atoms with E-state index in [1.54, 1.807) is 0 Å². The number of rotatable bonds is 7. The molecule has 1 N–H and O–H groups in total. The molecule has 0 aliphatic heterocycles. The summed E-state index contributed by atoms with van der Waals surface area (Å²) < 4.78 is 6.13. The summed E-state index contributed by atoms with van der Waals surface area (Å²) in [6, 6.07) is 14.9. The van der Waals surface area contributed by atoms with Crippen LogP contribution in [0.3, 0.4) is 0 Å². The average molecular weight is 448 g/mol. The Bertz CT molecular complexity index is 1140. The smallest absolute Gasteiger partial charge is 0.148 e. The lowest BCUT2D eigenvalue weighted by atomic mass is 10.0. The third-order valence-corrected chi connectivity index (χ3v) is 6.84. The van der Waals surface area contributed by atoms with Gasteiger partial charge in [0.1, 0.15) is 5.82 Å². The van der Waals surface area contributed by atoms with Crippen molar-refractivity contribution >= 4 is 17.4 Å². The van der Waals surface area contributed by atoms with Crippen molar-refractivity contribution in [2.75, 3.05) is 11.9 Å². The maximum atomic E-state index is 6.64. The highest BCUT2D eigenvalue weighted by Crippen LogP contribution is 2.45. The van der Waals surface area contributed by atoms with Crippen LogP contribution in [-0.4, -0.2) is 22.7 Å². The molecule has 1 unspecified atom stereocenters. The van der Waals surface area contributed by atoms with Gasteiger partial charge < -0.3 is 10.1 Å². The molecule has 1 saturated carbocycles. The van der Waals surface area contributed by atoms with Crippen molar-refractivity contribution < 1.29 is 4.74 Å². The predicted octanol–water partition coefficient (Wildman–Crippen LogP) is 6.66. The lowest BCUT2D eigenvalue weighted by Crippen LogP contribution is -2.26. The highest BCUT2D eigenvalue weighted by molar-refractivity contribution is 6.33. The van der Waals surface area contributed by atoms with Gasteiger partial charge in [-0.05, 0) is 55.9 Å². The SMILES string of the molecule is CCO[C@H]1Cc2ccccc2C1Nc1nc(C2CC2)c(-c2ccc(C)cc2Cl)nc1CC. The van der Waals surface area contributed by atoms with Crippen molar-refractivity contribution in [1.29, 1.82) is 0 Å². The standard InChI is InChI=1S/C27H30ClN3O/c1-4-22-27(31-25-19-9-7-6-8-18(19)15-23(25)32-5-2)30-24(17-11-12-17)26(29-22)20-13-10-16(3)14-21(20)28/h6-10,13-14,17,23,25H,4-5,11-12,15H2,1-3H3,(H,30,31)/t23-,25?/m0/s1. The van der Waals surface area contributed by atoms with Crippen LogP contribution < -0.4 is 5.32 Å². The van der Waals surface area contributed by atoms with E-state index < -0.39 is 0 Å². The van der Waals surface area contributed by atoms with Crippen LogP contribution in [-0.2, 0) is 17.6 Å². The summed E-state index contributed by atoms with van der Waals surface area (Å²) in [6.07, 6.45) is 4.13. The summed E-state index contributed by atoms with van der Waals surface area (Å²) in [5.41, 5.74) is 7.75. The van der Waals surface area contributed by atoms with Crippen molar-refractivity contribution in [3.8, 4) is 11.3 Å². The van der Waals surface area contributed by atoms with Gasteiger partial charge in [0.25, 0.3) is 0 Å². The third kappa shape index (κ3) is 4.02. The van der Waals surface area contributed by atoms with Crippen LogP contribution in [0.1, 0.15) is 66.7 Å². The van der Waals surface area contributed by atoms with Gasteiger partial charge in [0.05, 0.1) is 34.3 Å². The van der Waals surface area contributed by atoms with Crippen LogP contribution >= 0.6 is 11.6 Å². The highest BCUT2D eigenvalue weighted by atomic mass is 35.5. The summed E-state index contributed by atoms with van der Waals surface area (Å²) in [4.78, 5) is 10.3. The normalized spacial score (nSPS) is 19.8. The van der Waals surface area contributed by atoms with E-state index in [0.29, 0.717) is 12.5 Å². The summed E-state index contributed by atoms with van der Waals surface area (Å²) in [5, 5.41) is 4.49. The molecule has 1 fully saturated rings. The number of hydrogen-bond donors (Lipinski definition) is 1. The first kappa shape index (κ1) is 21.4. The van der Waals surface area contributed by atoms with Gasteiger partial charge >= 0.3 is 0 Å². The molecule has 3 aromatic rings. The number of fused-ring (bicyclic) bond motifs is 1. The summed E-state index contributed by atoms with van der Waals surface area (Å²) in [5.74, 6) is 1.34. The minimum Gasteiger partial charge on any atom is -0.376 e.